The molecule has 5 heteroatoms. The summed E-state index contributed by atoms with van der Waals surface area (Å²) in [5, 5.41) is 8.86. The van der Waals surface area contributed by atoms with Gasteiger partial charge in [0.25, 0.3) is 11.8 Å². The number of imide groups is 1. The van der Waals surface area contributed by atoms with Crippen LogP contribution in [0.5, 0.6) is 0 Å². The van der Waals surface area contributed by atoms with E-state index in [4.69, 9.17) is 5.11 Å². The molecule has 1 unspecified atom stereocenters. The molecule has 1 N–H and O–H groups in total. The summed E-state index contributed by atoms with van der Waals surface area (Å²) in [7, 11) is 0. The second-order valence-corrected chi connectivity index (χ2v) is 5.24. The lowest BCUT2D eigenvalue weighted by atomic mass is 9.99. The van der Waals surface area contributed by atoms with Crippen LogP contribution in [0.15, 0.2) is 12.1 Å². The van der Waals surface area contributed by atoms with Gasteiger partial charge in [0.05, 0.1) is 17.0 Å². The van der Waals surface area contributed by atoms with Gasteiger partial charge in [0, 0.05) is 6.54 Å². The van der Waals surface area contributed by atoms with Gasteiger partial charge in [-0.05, 0) is 31.4 Å². The molecule has 0 fully saturated rings. The van der Waals surface area contributed by atoms with Gasteiger partial charge < -0.3 is 5.11 Å². The minimum Gasteiger partial charge on any atom is -0.481 e. The molecule has 5 nitrogen and oxygen atoms in total. The highest BCUT2D eigenvalue weighted by molar-refractivity contribution is 6.22. The Kier molecular flexibility index (Phi) is 3.61. The molecule has 0 aromatic heterocycles. The van der Waals surface area contributed by atoms with E-state index in [9.17, 15) is 14.4 Å². The van der Waals surface area contributed by atoms with Crippen molar-refractivity contribution in [2.24, 2.45) is 5.92 Å². The van der Waals surface area contributed by atoms with Crippen LogP contribution in [0.4, 0.5) is 0 Å². The smallest absolute Gasteiger partial charge is 0.306 e. The van der Waals surface area contributed by atoms with Crippen molar-refractivity contribution in [3.8, 4) is 0 Å². The Bertz CT molecular complexity index is 565. The lowest BCUT2D eigenvalue weighted by Crippen LogP contribution is -2.32. The number of carbonyl (C=O) groups excluding carboxylic acids is 2. The lowest BCUT2D eigenvalue weighted by Gasteiger charge is -2.15. The Morgan fingerprint density at radius 3 is 2.00 bits per heavy atom. The second kappa shape index (κ2) is 5.07. The fraction of sp³-hybridized carbons (Fsp3) is 0.400. The van der Waals surface area contributed by atoms with E-state index in [2.05, 4.69) is 0 Å². The highest BCUT2D eigenvalue weighted by Crippen LogP contribution is 2.28. The second-order valence-electron chi connectivity index (χ2n) is 5.24. The maximum absolute atomic E-state index is 12.3. The highest BCUT2D eigenvalue weighted by atomic mass is 16.4. The number of carbonyl (C=O) groups is 3. The molecule has 2 amide bonds. The van der Waals surface area contributed by atoms with Crippen LogP contribution in [0, 0.1) is 19.8 Å². The van der Waals surface area contributed by atoms with Gasteiger partial charge in [0.15, 0.2) is 0 Å². The minimum absolute atomic E-state index is 0.138. The molecule has 0 saturated carbocycles. The summed E-state index contributed by atoms with van der Waals surface area (Å²) in [5.41, 5.74) is 2.46. The van der Waals surface area contributed by atoms with Crippen molar-refractivity contribution in [3.05, 3.63) is 34.4 Å². The molecule has 1 heterocycles. The summed E-state index contributed by atoms with van der Waals surface area (Å²) in [6.45, 7) is 5.30. The molecule has 1 aliphatic rings. The normalized spacial score (nSPS) is 15.4. The van der Waals surface area contributed by atoms with Crippen LogP contribution < -0.4 is 0 Å². The predicted octanol–water partition coefficient (Wildman–Crippen LogP) is 2.01. The first-order valence-corrected chi connectivity index (χ1v) is 6.53. The first kappa shape index (κ1) is 14.2. The van der Waals surface area contributed by atoms with Crippen molar-refractivity contribution in [2.45, 2.75) is 27.2 Å². The summed E-state index contributed by atoms with van der Waals surface area (Å²) in [6.07, 6.45) is 0.263. The number of carboxylic acid groups (broad SMARTS) is 1. The Hall–Kier alpha value is -2.17. The maximum atomic E-state index is 12.3. The average molecular weight is 275 g/mol. The molecule has 1 aromatic carbocycles. The standard InChI is InChI=1S/C15H17NO4/c1-8-4-5-9(2)12-11(8)13(17)16(14(12)18)7-6-10(3)15(19)20/h4-5,10H,6-7H2,1-3H3,(H,19,20). The maximum Gasteiger partial charge on any atom is 0.306 e. The number of fused-ring (bicyclic) bond motifs is 1. The van der Waals surface area contributed by atoms with E-state index in [1.54, 1.807) is 20.8 Å². The van der Waals surface area contributed by atoms with Crippen molar-refractivity contribution in [3.63, 3.8) is 0 Å². The minimum atomic E-state index is -0.922. The molecule has 0 bridgehead atoms. The van der Waals surface area contributed by atoms with E-state index in [1.807, 2.05) is 12.1 Å². The molecule has 0 spiro atoms. The van der Waals surface area contributed by atoms with Gasteiger partial charge in [-0.15, -0.1) is 0 Å². The van der Waals surface area contributed by atoms with Gasteiger partial charge in [0.1, 0.15) is 0 Å². The monoisotopic (exact) mass is 275 g/mol. The summed E-state index contributed by atoms with van der Waals surface area (Å²) in [4.78, 5) is 36.6. The van der Waals surface area contributed by atoms with E-state index >= 15 is 0 Å². The fourth-order valence-corrected chi connectivity index (χ4v) is 2.37. The molecule has 106 valence electrons. The van der Waals surface area contributed by atoms with Crippen LogP contribution in [0.1, 0.15) is 45.2 Å². The highest BCUT2D eigenvalue weighted by Gasteiger charge is 2.37. The molecular weight excluding hydrogens is 258 g/mol. The Morgan fingerprint density at radius 2 is 1.60 bits per heavy atom. The molecule has 0 aliphatic carbocycles. The third-order valence-corrected chi connectivity index (χ3v) is 3.75. The van der Waals surface area contributed by atoms with Gasteiger partial charge in [-0.25, -0.2) is 0 Å². The number of rotatable bonds is 4. The van der Waals surface area contributed by atoms with Crippen molar-refractivity contribution in [1.82, 2.24) is 4.90 Å². The number of aliphatic carboxylic acids is 1. The summed E-state index contributed by atoms with van der Waals surface area (Å²) < 4.78 is 0. The van der Waals surface area contributed by atoms with E-state index in [0.29, 0.717) is 11.1 Å². The molecule has 1 aromatic rings. The zero-order valence-corrected chi connectivity index (χ0v) is 11.8. The summed E-state index contributed by atoms with van der Waals surface area (Å²) >= 11 is 0. The molecule has 1 aliphatic heterocycles. The number of amides is 2. The van der Waals surface area contributed by atoms with Crippen LogP contribution in [-0.4, -0.2) is 34.3 Å². The lowest BCUT2D eigenvalue weighted by molar-refractivity contribution is -0.141. The third-order valence-electron chi connectivity index (χ3n) is 3.75. The van der Waals surface area contributed by atoms with Crippen LogP contribution in [-0.2, 0) is 4.79 Å². The van der Waals surface area contributed by atoms with Gasteiger partial charge in [-0.2, -0.15) is 0 Å². The van der Waals surface area contributed by atoms with Crippen molar-refractivity contribution < 1.29 is 19.5 Å². The van der Waals surface area contributed by atoms with Crippen LogP contribution in [0.3, 0.4) is 0 Å². The van der Waals surface area contributed by atoms with Gasteiger partial charge in [0.2, 0.25) is 0 Å². The number of hydrogen-bond donors (Lipinski definition) is 1. The first-order chi connectivity index (χ1) is 9.34. The predicted molar refractivity (Wildman–Crippen MR) is 72.7 cm³/mol. The number of carboxylic acids is 1. The van der Waals surface area contributed by atoms with E-state index in [-0.39, 0.29) is 24.8 Å². The van der Waals surface area contributed by atoms with Crippen molar-refractivity contribution >= 4 is 17.8 Å². The number of aryl methyl sites for hydroxylation is 2. The quantitative estimate of drug-likeness (QED) is 0.853. The Morgan fingerprint density at radius 1 is 1.15 bits per heavy atom. The molecular formula is C15H17NO4. The SMILES string of the molecule is Cc1ccc(C)c2c1C(=O)N(CCC(C)C(=O)O)C2=O. The van der Waals surface area contributed by atoms with Gasteiger partial charge in [-0.1, -0.05) is 19.1 Å². The zero-order valence-electron chi connectivity index (χ0n) is 11.8. The molecule has 2 rings (SSSR count). The third kappa shape index (κ3) is 2.19. The summed E-state index contributed by atoms with van der Waals surface area (Å²) in [5.74, 6) is -2.14. The average Bonchev–Trinajstić information content (AvgIpc) is 2.64. The summed E-state index contributed by atoms with van der Waals surface area (Å²) in [6, 6.07) is 3.64. The van der Waals surface area contributed by atoms with E-state index < -0.39 is 11.9 Å². The van der Waals surface area contributed by atoms with E-state index in [1.165, 1.54) is 0 Å². The van der Waals surface area contributed by atoms with Crippen molar-refractivity contribution in [1.29, 1.82) is 0 Å². The van der Waals surface area contributed by atoms with Crippen LogP contribution in [0.2, 0.25) is 0 Å². The number of benzene rings is 1. The van der Waals surface area contributed by atoms with Gasteiger partial charge in [-0.3, -0.25) is 19.3 Å². The topological polar surface area (TPSA) is 74.7 Å². The molecule has 20 heavy (non-hydrogen) atoms. The molecule has 0 saturated heterocycles. The van der Waals surface area contributed by atoms with Crippen molar-refractivity contribution in [2.75, 3.05) is 6.54 Å². The number of nitrogens with zero attached hydrogens (tertiary/aromatic N) is 1. The van der Waals surface area contributed by atoms with Crippen LogP contribution >= 0.6 is 0 Å². The van der Waals surface area contributed by atoms with Gasteiger partial charge >= 0.3 is 5.97 Å². The van der Waals surface area contributed by atoms with Crippen LogP contribution in [0.25, 0.3) is 0 Å². The largest absolute Gasteiger partial charge is 0.481 e. The zero-order chi connectivity index (χ0) is 15.0. The fourth-order valence-electron chi connectivity index (χ4n) is 2.37. The van der Waals surface area contributed by atoms with E-state index in [0.717, 1.165) is 16.0 Å². The molecule has 1 atom stereocenters. The Labute approximate surface area is 117 Å². The number of hydrogen-bond acceptors (Lipinski definition) is 3. The first-order valence-electron chi connectivity index (χ1n) is 6.53. The Balaban J connectivity index is 2.27. The molecule has 0 radical (unpaired) electrons.